The summed E-state index contributed by atoms with van der Waals surface area (Å²) in [4.78, 5) is 0. The molecule has 0 spiro atoms. The summed E-state index contributed by atoms with van der Waals surface area (Å²) in [5, 5.41) is 12.3. The molecule has 1 aromatic rings. The first-order valence-corrected chi connectivity index (χ1v) is 8.67. The summed E-state index contributed by atoms with van der Waals surface area (Å²) in [5.74, 6) is 1.08. The number of hydrogen-bond acceptors (Lipinski definition) is 5. The van der Waals surface area contributed by atoms with Crippen LogP contribution in [-0.2, 0) is 16.6 Å². The van der Waals surface area contributed by atoms with E-state index in [1.807, 2.05) is 13.8 Å². The van der Waals surface area contributed by atoms with Crippen LogP contribution >= 0.6 is 0 Å². The molecule has 1 rings (SSSR count). The normalized spacial score (nSPS) is 14.0. The molecule has 1 atom stereocenters. The van der Waals surface area contributed by atoms with Gasteiger partial charge in [0.15, 0.2) is 0 Å². The molecule has 1 unspecified atom stereocenters. The minimum atomic E-state index is -3.74. The maximum absolute atomic E-state index is 12.2. The fourth-order valence-corrected chi connectivity index (χ4v) is 3.05. The van der Waals surface area contributed by atoms with Gasteiger partial charge in [-0.05, 0) is 30.5 Å². The Kier molecular flexibility index (Phi) is 6.86. The van der Waals surface area contributed by atoms with Gasteiger partial charge in [0, 0.05) is 6.04 Å². The van der Waals surface area contributed by atoms with E-state index >= 15 is 0 Å². The molecule has 7 heteroatoms. The Balaban J connectivity index is 2.69. The largest absolute Gasteiger partial charge is 0.447 e. The highest BCUT2D eigenvalue weighted by Crippen LogP contribution is 2.15. The quantitative estimate of drug-likeness (QED) is 0.639. The average molecular weight is 318 g/mol. The van der Waals surface area contributed by atoms with E-state index in [4.69, 9.17) is 4.42 Å². The molecule has 0 aromatic carbocycles. The van der Waals surface area contributed by atoms with Crippen molar-refractivity contribution in [2.24, 2.45) is 11.8 Å². The van der Waals surface area contributed by atoms with Crippen molar-refractivity contribution < 1.29 is 17.9 Å². The van der Waals surface area contributed by atoms with Crippen molar-refractivity contribution in [3.63, 3.8) is 0 Å². The van der Waals surface area contributed by atoms with Crippen molar-refractivity contribution in [1.29, 1.82) is 0 Å². The van der Waals surface area contributed by atoms with Gasteiger partial charge in [0.2, 0.25) is 5.09 Å². The van der Waals surface area contributed by atoms with Crippen LogP contribution in [0, 0.1) is 11.8 Å². The highest BCUT2D eigenvalue weighted by Gasteiger charge is 2.24. The van der Waals surface area contributed by atoms with Crippen LogP contribution in [0.5, 0.6) is 0 Å². The summed E-state index contributed by atoms with van der Waals surface area (Å²) in [7, 11) is -3.74. The fourth-order valence-electron chi connectivity index (χ4n) is 1.72. The molecule has 0 aliphatic carbocycles. The Morgan fingerprint density at radius 3 is 2.43 bits per heavy atom. The molecule has 122 valence electrons. The average Bonchev–Trinajstić information content (AvgIpc) is 2.85. The second-order valence-corrected chi connectivity index (χ2v) is 7.54. The Hall–Kier alpha value is -0.890. The molecule has 0 aliphatic rings. The predicted molar refractivity (Wildman–Crippen MR) is 81.3 cm³/mol. The predicted octanol–water partition coefficient (Wildman–Crippen LogP) is 1.32. The lowest BCUT2D eigenvalue weighted by atomic mass is 10.1. The second-order valence-electron chi connectivity index (χ2n) is 5.90. The van der Waals surface area contributed by atoms with Crippen LogP contribution in [0.15, 0.2) is 21.6 Å². The third-order valence-electron chi connectivity index (χ3n) is 3.06. The number of sulfonamides is 1. The lowest BCUT2D eigenvalue weighted by molar-refractivity contribution is 0.227. The van der Waals surface area contributed by atoms with E-state index < -0.39 is 16.1 Å². The summed E-state index contributed by atoms with van der Waals surface area (Å²) in [5.41, 5.74) is 0. The van der Waals surface area contributed by atoms with Gasteiger partial charge in [-0.1, -0.05) is 27.7 Å². The van der Waals surface area contributed by atoms with Gasteiger partial charge >= 0.3 is 0 Å². The highest BCUT2D eigenvalue weighted by molar-refractivity contribution is 7.89. The van der Waals surface area contributed by atoms with Gasteiger partial charge in [0.25, 0.3) is 10.0 Å². The maximum Gasteiger partial charge on any atom is 0.274 e. The topological polar surface area (TPSA) is 91.6 Å². The van der Waals surface area contributed by atoms with Crippen LogP contribution in [0.2, 0.25) is 0 Å². The minimum absolute atomic E-state index is 0.00749. The van der Waals surface area contributed by atoms with Crippen molar-refractivity contribution in [3.8, 4) is 0 Å². The molecule has 0 bridgehead atoms. The number of aliphatic hydroxyl groups excluding tert-OH is 1. The summed E-state index contributed by atoms with van der Waals surface area (Å²) >= 11 is 0. The molecular weight excluding hydrogens is 292 g/mol. The molecule has 21 heavy (non-hydrogen) atoms. The molecule has 6 nitrogen and oxygen atoms in total. The molecule has 1 aromatic heterocycles. The van der Waals surface area contributed by atoms with Crippen molar-refractivity contribution in [1.82, 2.24) is 10.0 Å². The van der Waals surface area contributed by atoms with Gasteiger partial charge in [0.1, 0.15) is 5.76 Å². The molecule has 3 N–H and O–H groups in total. The summed E-state index contributed by atoms with van der Waals surface area (Å²) in [6, 6.07) is 2.55. The van der Waals surface area contributed by atoms with Crippen LogP contribution in [0.3, 0.4) is 0 Å². The number of hydrogen-bond donors (Lipinski definition) is 3. The van der Waals surface area contributed by atoms with E-state index in [9.17, 15) is 13.5 Å². The van der Waals surface area contributed by atoms with E-state index in [1.165, 1.54) is 6.07 Å². The fraction of sp³-hybridized carbons (Fsp3) is 0.714. The van der Waals surface area contributed by atoms with Crippen LogP contribution in [0.4, 0.5) is 0 Å². The van der Waals surface area contributed by atoms with Crippen LogP contribution in [-0.4, -0.2) is 32.7 Å². The first-order chi connectivity index (χ1) is 9.76. The van der Waals surface area contributed by atoms with E-state index in [-0.39, 0.29) is 17.6 Å². The maximum atomic E-state index is 12.2. The minimum Gasteiger partial charge on any atom is -0.447 e. The van der Waals surface area contributed by atoms with Gasteiger partial charge in [-0.15, -0.1) is 0 Å². The molecule has 1 heterocycles. The van der Waals surface area contributed by atoms with Gasteiger partial charge in [0.05, 0.1) is 13.2 Å². The summed E-state index contributed by atoms with van der Waals surface area (Å²) < 4.78 is 32.1. The van der Waals surface area contributed by atoms with Crippen LogP contribution in [0.25, 0.3) is 0 Å². The Labute approximate surface area is 127 Å². The molecule has 0 aliphatic heterocycles. The van der Waals surface area contributed by atoms with Gasteiger partial charge in [-0.25, -0.2) is 13.1 Å². The first-order valence-electron chi connectivity index (χ1n) is 7.19. The van der Waals surface area contributed by atoms with Crippen LogP contribution < -0.4 is 10.0 Å². The highest BCUT2D eigenvalue weighted by atomic mass is 32.2. The zero-order valence-corrected chi connectivity index (χ0v) is 13.9. The Morgan fingerprint density at radius 1 is 1.24 bits per heavy atom. The third-order valence-corrected chi connectivity index (χ3v) is 4.42. The third kappa shape index (κ3) is 5.78. The SMILES string of the molecule is CC(C)CNCc1ccc(S(=O)(=O)NC(CO)C(C)C)o1. The Bertz CT molecular complexity index is 523. The van der Waals surface area contributed by atoms with Crippen molar-refractivity contribution in [3.05, 3.63) is 17.9 Å². The molecule has 0 fully saturated rings. The molecule has 0 saturated heterocycles. The number of nitrogens with one attached hydrogen (secondary N) is 2. The van der Waals surface area contributed by atoms with E-state index in [0.29, 0.717) is 18.2 Å². The standard InChI is InChI=1S/C14H26N2O4S/c1-10(2)7-15-8-12-5-6-14(20-12)21(18,19)16-13(9-17)11(3)4/h5-6,10-11,13,15-17H,7-9H2,1-4H3. The molecule has 0 saturated carbocycles. The van der Waals surface area contributed by atoms with E-state index in [0.717, 1.165) is 6.54 Å². The second kappa shape index (κ2) is 7.93. The van der Waals surface area contributed by atoms with Gasteiger partial charge in [-0.3, -0.25) is 0 Å². The smallest absolute Gasteiger partial charge is 0.274 e. The summed E-state index contributed by atoms with van der Waals surface area (Å²) in [6.07, 6.45) is 0. The number of aliphatic hydroxyl groups is 1. The van der Waals surface area contributed by atoms with E-state index in [1.54, 1.807) is 6.07 Å². The molecule has 0 amide bonds. The zero-order valence-electron chi connectivity index (χ0n) is 13.1. The van der Waals surface area contributed by atoms with Gasteiger partial charge < -0.3 is 14.8 Å². The molecule has 0 radical (unpaired) electrons. The number of rotatable bonds is 9. The Morgan fingerprint density at radius 2 is 1.90 bits per heavy atom. The lowest BCUT2D eigenvalue weighted by Gasteiger charge is -2.18. The monoisotopic (exact) mass is 318 g/mol. The van der Waals surface area contributed by atoms with Crippen LogP contribution in [0.1, 0.15) is 33.5 Å². The number of furan rings is 1. The van der Waals surface area contributed by atoms with Gasteiger partial charge in [-0.2, -0.15) is 0 Å². The van der Waals surface area contributed by atoms with Crippen molar-refractivity contribution in [2.45, 2.75) is 45.4 Å². The molecular formula is C14H26N2O4S. The van der Waals surface area contributed by atoms with E-state index in [2.05, 4.69) is 23.9 Å². The lowest BCUT2D eigenvalue weighted by Crippen LogP contribution is -2.40. The van der Waals surface area contributed by atoms with Crippen molar-refractivity contribution in [2.75, 3.05) is 13.2 Å². The summed E-state index contributed by atoms with van der Waals surface area (Å²) in [6.45, 7) is 8.94. The first kappa shape index (κ1) is 18.2. The zero-order chi connectivity index (χ0) is 16.0. The van der Waals surface area contributed by atoms with Crippen molar-refractivity contribution >= 4 is 10.0 Å².